The SMILES string of the molecule is CC(C)(C)NCCNCc1cnn2ccncc12. The van der Waals surface area contributed by atoms with Gasteiger partial charge in [0.2, 0.25) is 0 Å². The lowest BCUT2D eigenvalue weighted by atomic mass is 10.1. The number of fused-ring (bicyclic) bond motifs is 1. The minimum Gasteiger partial charge on any atom is -0.311 e. The molecule has 0 radical (unpaired) electrons. The second kappa shape index (κ2) is 5.46. The lowest BCUT2D eigenvalue weighted by Gasteiger charge is -2.20. The molecule has 18 heavy (non-hydrogen) atoms. The third-order valence-corrected chi connectivity index (χ3v) is 2.68. The van der Waals surface area contributed by atoms with Gasteiger partial charge in [-0.2, -0.15) is 5.10 Å². The summed E-state index contributed by atoms with van der Waals surface area (Å²) in [4.78, 5) is 4.12. The van der Waals surface area contributed by atoms with E-state index < -0.39 is 0 Å². The van der Waals surface area contributed by atoms with Crippen molar-refractivity contribution in [2.24, 2.45) is 0 Å². The van der Waals surface area contributed by atoms with Gasteiger partial charge in [-0.05, 0) is 20.8 Å². The van der Waals surface area contributed by atoms with Crippen molar-refractivity contribution < 1.29 is 0 Å². The zero-order valence-electron chi connectivity index (χ0n) is 11.3. The van der Waals surface area contributed by atoms with E-state index >= 15 is 0 Å². The molecule has 0 amide bonds. The van der Waals surface area contributed by atoms with Crippen molar-refractivity contribution in [3.63, 3.8) is 0 Å². The summed E-state index contributed by atoms with van der Waals surface area (Å²) in [6.45, 7) is 9.23. The molecular weight excluding hydrogens is 226 g/mol. The van der Waals surface area contributed by atoms with E-state index in [1.54, 1.807) is 6.20 Å². The number of nitrogens with zero attached hydrogens (tertiary/aromatic N) is 3. The van der Waals surface area contributed by atoms with E-state index in [1.165, 1.54) is 5.56 Å². The summed E-state index contributed by atoms with van der Waals surface area (Å²) >= 11 is 0. The van der Waals surface area contributed by atoms with Crippen LogP contribution in [-0.2, 0) is 6.54 Å². The second-order valence-corrected chi connectivity index (χ2v) is 5.43. The average molecular weight is 247 g/mol. The topological polar surface area (TPSA) is 54.2 Å². The van der Waals surface area contributed by atoms with E-state index in [-0.39, 0.29) is 5.54 Å². The average Bonchev–Trinajstić information content (AvgIpc) is 2.71. The van der Waals surface area contributed by atoms with Gasteiger partial charge >= 0.3 is 0 Å². The first kappa shape index (κ1) is 13.0. The normalized spacial score (nSPS) is 12.2. The Morgan fingerprint density at radius 1 is 1.22 bits per heavy atom. The number of hydrogen-bond donors (Lipinski definition) is 2. The Labute approximate surface area is 108 Å². The summed E-state index contributed by atoms with van der Waals surface area (Å²) in [6, 6.07) is 0. The Balaban J connectivity index is 1.80. The fourth-order valence-corrected chi connectivity index (χ4v) is 1.77. The van der Waals surface area contributed by atoms with Gasteiger partial charge in [0.25, 0.3) is 0 Å². The number of nitrogens with one attached hydrogen (secondary N) is 2. The van der Waals surface area contributed by atoms with Crippen molar-refractivity contribution in [3.05, 3.63) is 30.4 Å². The van der Waals surface area contributed by atoms with Crippen LogP contribution in [0.15, 0.2) is 24.8 Å². The van der Waals surface area contributed by atoms with Crippen LogP contribution in [-0.4, -0.2) is 33.2 Å². The van der Waals surface area contributed by atoms with E-state index in [0.29, 0.717) is 0 Å². The fraction of sp³-hybridized carbons (Fsp3) is 0.538. The van der Waals surface area contributed by atoms with Gasteiger partial charge < -0.3 is 10.6 Å². The molecule has 2 heterocycles. The molecule has 5 heteroatoms. The third-order valence-electron chi connectivity index (χ3n) is 2.68. The zero-order valence-corrected chi connectivity index (χ0v) is 11.3. The van der Waals surface area contributed by atoms with Crippen LogP contribution in [0.3, 0.4) is 0 Å². The van der Waals surface area contributed by atoms with Crippen LogP contribution in [0.4, 0.5) is 0 Å². The standard InChI is InChI=1S/C13H21N5/c1-13(2,3)16-5-4-14-8-11-9-17-18-7-6-15-10-12(11)18/h6-7,9-10,14,16H,4-5,8H2,1-3H3. The Hall–Kier alpha value is -1.46. The van der Waals surface area contributed by atoms with E-state index in [2.05, 4.69) is 41.5 Å². The van der Waals surface area contributed by atoms with Crippen molar-refractivity contribution in [2.45, 2.75) is 32.9 Å². The molecule has 0 unspecified atom stereocenters. The summed E-state index contributed by atoms with van der Waals surface area (Å²) in [5.74, 6) is 0. The van der Waals surface area contributed by atoms with Crippen LogP contribution in [0.5, 0.6) is 0 Å². The van der Waals surface area contributed by atoms with Crippen LogP contribution in [0, 0.1) is 0 Å². The van der Waals surface area contributed by atoms with E-state index in [4.69, 9.17) is 0 Å². The van der Waals surface area contributed by atoms with Crippen LogP contribution in [0.1, 0.15) is 26.3 Å². The Bertz CT molecular complexity index is 497. The smallest absolute Gasteiger partial charge is 0.0889 e. The predicted molar refractivity (Wildman–Crippen MR) is 72.4 cm³/mol. The molecule has 0 fully saturated rings. The summed E-state index contributed by atoms with van der Waals surface area (Å²) in [5.41, 5.74) is 2.42. The molecule has 0 aliphatic heterocycles. The zero-order chi connectivity index (χ0) is 13.0. The molecule has 0 bridgehead atoms. The number of aromatic nitrogens is 3. The number of rotatable bonds is 5. The highest BCUT2D eigenvalue weighted by molar-refractivity contribution is 5.51. The third kappa shape index (κ3) is 3.51. The molecule has 2 aromatic heterocycles. The van der Waals surface area contributed by atoms with Crippen molar-refractivity contribution in [3.8, 4) is 0 Å². The van der Waals surface area contributed by atoms with Gasteiger partial charge in [-0.25, -0.2) is 4.52 Å². The highest BCUT2D eigenvalue weighted by Crippen LogP contribution is 2.07. The van der Waals surface area contributed by atoms with Crippen molar-refractivity contribution in [1.82, 2.24) is 25.2 Å². The van der Waals surface area contributed by atoms with Crippen molar-refractivity contribution >= 4 is 5.52 Å². The van der Waals surface area contributed by atoms with Gasteiger partial charge in [0.15, 0.2) is 0 Å². The molecular formula is C13H21N5. The van der Waals surface area contributed by atoms with Crippen LogP contribution in [0.25, 0.3) is 5.52 Å². The first-order valence-corrected chi connectivity index (χ1v) is 6.28. The molecule has 2 rings (SSSR count). The van der Waals surface area contributed by atoms with Gasteiger partial charge in [-0.15, -0.1) is 0 Å². The lowest BCUT2D eigenvalue weighted by molar-refractivity contribution is 0.421. The van der Waals surface area contributed by atoms with Crippen molar-refractivity contribution in [2.75, 3.05) is 13.1 Å². The van der Waals surface area contributed by atoms with Gasteiger partial charge in [-0.3, -0.25) is 4.98 Å². The van der Waals surface area contributed by atoms with E-state index in [1.807, 2.05) is 23.1 Å². The molecule has 98 valence electrons. The fourth-order valence-electron chi connectivity index (χ4n) is 1.77. The summed E-state index contributed by atoms with van der Waals surface area (Å²) < 4.78 is 1.84. The monoisotopic (exact) mass is 247 g/mol. The van der Waals surface area contributed by atoms with E-state index in [9.17, 15) is 0 Å². The second-order valence-electron chi connectivity index (χ2n) is 5.43. The molecule has 5 nitrogen and oxygen atoms in total. The largest absolute Gasteiger partial charge is 0.311 e. The molecule has 0 aromatic carbocycles. The molecule has 2 aromatic rings. The van der Waals surface area contributed by atoms with E-state index in [0.717, 1.165) is 25.2 Å². The molecule has 0 spiro atoms. The van der Waals surface area contributed by atoms with Gasteiger partial charge in [0.1, 0.15) is 0 Å². The first-order valence-electron chi connectivity index (χ1n) is 6.28. The molecule has 0 saturated heterocycles. The Kier molecular flexibility index (Phi) is 3.93. The summed E-state index contributed by atoms with van der Waals surface area (Å²) in [7, 11) is 0. The van der Waals surface area contributed by atoms with Gasteiger partial charge in [-0.1, -0.05) is 0 Å². The maximum atomic E-state index is 4.28. The summed E-state index contributed by atoms with van der Waals surface area (Å²) in [6.07, 6.45) is 7.34. The molecule has 0 aliphatic carbocycles. The maximum Gasteiger partial charge on any atom is 0.0889 e. The highest BCUT2D eigenvalue weighted by atomic mass is 15.2. The quantitative estimate of drug-likeness (QED) is 0.780. The van der Waals surface area contributed by atoms with Crippen LogP contribution < -0.4 is 10.6 Å². The van der Waals surface area contributed by atoms with Crippen molar-refractivity contribution in [1.29, 1.82) is 0 Å². The van der Waals surface area contributed by atoms with Gasteiger partial charge in [0, 0.05) is 43.1 Å². The minimum absolute atomic E-state index is 0.177. The number of hydrogen-bond acceptors (Lipinski definition) is 4. The first-order chi connectivity index (χ1) is 8.56. The molecule has 0 saturated carbocycles. The Morgan fingerprint density at radius 2 is 2.06 bits per heavy atom. The molecule has 0 atom stereocenters. The van der Waals surface area contributed by atoms with Crippen LogP contribution >= 0.6 is 0 Å². The van der Waals surface area contributed by atoms with Crippen LogP contribution in [0.2, 0.25) is 0 Å². The molecule has 0 aliphatic rings. The molecule has 2 N–H and O–H groups in total. The summed E-state index contributed by atoms with van der Waals surface area (Å²) in [5, 5.41) is 11.1. The predicted octanol–water partition coefficient (Wildman–Crippen LogP) is 1.21. The maximum absolute atomic E-state index is 4.28. The minimum atomic E-state index is 0.177. The Morgan fingerprint density at radius 3 is 2.83 bits per heavy atom. The lowest BCUT2D eigenvalue weighted by Crippen LogP contribution is -2.40. The van der Waals surface area contributed by atoms with Gasteiger partial charge in [0.05, 0.1) is 17.9 Å². The highest BCUT2D eigenvalue weighted by Gasteiger charge is 2.07.